The number of amides is 1. The van der Waals surface area contributed by atoms with E-state index >= 15 is 0 Å². The van der Waals surface area contributed by atoms with Crippen LogP contribution in [0.1, 0.15) is 19.8 Å². The predicted octanol–water partition coefficient (Wildman–Crippen LogP) is 5.18. The van der Waals surface area contributed by atoms with Crippen molar-refractivity contribution in [2.24, 2.45) is 4.99 Å². The van der Waals surface area contributed by atoms with Gasteiger partial charge >= 0.3 is 0 Å². The van der Waals surface area contributed by atoms with Gasteiger partial charge in [0.2, 0.25) is 0 Å². The number of amidine groups is 1. The molecule has 2 aromatic rings. The third-order valence-electron chi connectivity index (χ3n) is 4.91. The molecule has 0 radical (unpaired) electrons. The Morgan fingerprint density at radius 2 is 1.90 bits per heavy atom. The predicted molar refractivity (Wildman–Crippen MR) is 124 cm³/mol. The van der Waals surface area contributed by atoms with E-state index in [1.54, 1.807) is 48.0 Å². The average molecular weight is 442 g/mol. The maximum Gasteiger partial charge on any atom is 0.269 e. The monoisotopic (exact) mass is 441 g/mol. The first kappa shape index (κ1) is 20.7. The molecule has 2 aliphatic heterocycles. The highest BCUT2D eigenvalue weighted by Crippen LogP contribution is 2.51. The van der Waals surface area contributed by atoms with Gasteiger partial charge in [-0.15, -0.1) is 0 Å². The van der Waals surface area contributed by atoms with Crippen LogP contribution in [-0.4, -0.2) is 41.8 Å². The van der Waals surface area contributed by atoms with Crippen molar-refractivity contribution in [2.75, 3.05) is 25.6 Å². The second-order valence-electron chi connectivity index (χ2n) is 6.95. The minimum absolute atomic E-state index is 0.0138. The van der Waals surface area contributed by atoms with Crippen LogP contribution in [0.4, 0.5) is 11.4 Å². The number of unbranched alkanes of at least 4 members (excludes halogenated alkanes) is 1. The molecule has 0 spiro atoms. The molecule has 0 saturated carbocycles. The van der Waals surface area contributed by atoms with Crippen LogP contribution in [0.5, 0.6) is 11.5 Å². The van der Waals surface area contributed by atoms with E-state index in [0.29, 0.717) is 22.3 Å². The number of hydrogen-bond donors (Lipinski definition) is 1. The number of anilines is 1. The number of thioether (sulfide) groups is 2. The number of aromatic hydroxyl groups is 1. The summed E-state index contributed by atoms with van der Waals surface area (Å²) < 4.78 is 5.35. The van der Waals surface area contributed by atoms with Crippen molar-refractivity contribution in [2.45, 2.75) is 24.7 Å². The molecule has 156 valence electrons. The Bertz CT molecular complexity index is 1030. The van der Waals surface area contributed by atoms with Crippen LogP contribution in [0.25, 0.3) is 0 Å². The minimum Gasteiger partial charge on any atom is -0.508 e. The van der Waals surface area contributed by atoms with Gasteiger partial charge in [-0.3, -0.25) is 9.69 Å². The molecule has 6 nitrogen and oxygen atoms in total. The highest BCUT2D eigenvalue weighted by molar-refractivity contribution is 8.19. The molecule has 8 heteroatoms. The molecule has 0 aromatic heterocycles. The van der Waals surface area contributed by atoms with E-state index in [-0.39, 0.29) is 11.7 Å². The van der Waals surface area contributed by atoms with Crippen LogP contribution in [-0.2, 0) is 4.79 Å². The van der Waals surface area contributed by atoms with Crippen molar-refractivity contribution in [1.82, 2.24) is 4.90 Å². The highest BCUT2D eigenvalue weighted by Gasteiger charge is 2.39. The van der Waals surface area contributed by atoms with E-state index in [1.807, 2.05) is 30.1 Å². The van der Waals surface area contributed by atoms with Gasteiger partial charge in [0.1, 0.15) is 16.4 Å². The van der Waals surface area contributed by atoms with Crippen LogP contribution in [0, 0.1) is 0 Å². The fourth-order valence-electron chi connectivity index (χ4n) is 3.22. The summed E-state index contributed by atoms with van der Waals surface area (Å²) in [7, 11) is 3.62. The van der Waals surface area contributed by atoms with Gasteiger partial charge in [0.25, 0.3) is 5.91 Å². The topological polar surface area (TPSA) is 65.4 Å². The number of ether oxygens (including phenoxy) is 1. The molecule has 0 aliphatic carbocycles. The van der Waals surface area contributed by atoms with E-state index < -0.39 is 0 Å². The minimum atomic E-state index is -0.0138. The van der Waals surface area contributed by atoms with Crippen LogP contribution < -0.4 is 9.64 Å². The molecule has 1 fully saturated rings. The zero-order chi connectivity index (χ0) is 21.3. The number of aliphatic imine (C=N–C) groups is 1. The third-order valence-corrected chi connectivity index (χ3v) is 7.34. The van der Waals surface area contributed by atoms with E-state index in [4.69, 9.17) is 9.73 Å². The van der Waals surface area contributed by atoms with Gasteiger partial charge < -0.3 is 14.7 Å². The van der Waals surface area contributed by atoms with Crippen LogP contribution in [0.2, 0.25) is 0 Å². The summed E-state index contributed by atoms with van der Waals surface area (Å²) in [5.41, 5.74) is 1.73. The summed E-state index contributed by atoms with van der Waals surface area (Å²) in [6.45, 7) is 2.74. The Morgan fingerprint density at radius 1 is 1.13 bits per heavy atom. The molecule has 1 saturated heterocycles. The molecule has 2 heterocycles. The van der Waals surface area contributed by atoms with Crippen molar-refractivity contribution in [3.63, 3.8) is 0 Å². The second-order valence-corrected chi connectivity index (χ2v) is 8.96. The summed E-state index contributed by atoms with van der Waals surface area (Å²) in [6.07, 6.45) is 1.90. The summed E-state index contributed by atoms with van der Waals surface area (Å²) >= 11 is 3.00. The van der Waals surface area contributed by atoms with Crippen molar-refractivity contribution >= 4 is 46.0 Å². The fourth-order valence-corrected chi connectivity index (χ4v) is 5.57. The molecule has 0 bridgehead atoms. The molecule has 2 aliphatic rings. The molecule has 30 heavy (non-hydrogen) atoms. The lowest BCUT2D eigenvalue weighted by Gasteiger charge is -2.16. The van der Waals surface area contributed by atoms with E-state index in [9.17, 15) is 9.90 Å². The summed E-state index contributed by atoms with van der Waals surface area (Å²) in [6, 6.07) is 12.6. The van der Waals surface area contributed by atoms with Gasteiger partial charge in [-0.2, -0.15) is 0 Å². The number of nitrogens with zero attached hydrogens (tertiary/aromatic N) is 3. The number of phenols is 1. The third kappa shape index (κ3) is 3.89. The zero-order valence-corrected chi connectivity index (χ0v) is 18.7. The number of phenolic OH excluding ortho intramolecular Hbond substituents is 1. The smallest absolute Gasteiger partial charge is 0.269 e. The molecular formula is C22H23N3O3S2. The Hall–Kier alpha value is -2.58. The average Bonchev–Trinajstić information content (AvgIpc) is 3.24. The number of benzene rings is 2. The second kappa shape index (κ2) is 8.65. The van der Waals surface area contributed by atoms with Gasteiger partial charge in [0.15, 0.2) is 5.17 Å². The molecule has 2 aromatic carbocycles. The van der Waals surface area contributed by atoms with Crippen molar-refractivity contribution in [3.05, 3.63) is 52.4 Å². The summed E-state index contributed by atoms with van der Waals surface area (Å²) in [4.78, 5) is 23.6. The van der Waals surface area contributed by atoms with E-state index in [1.165, 1.54) is 11.8 Å². The SMILES string of the molecule is CCCCN1C(=O)/C(=C2/Sc3ccc(OC)cc3N2C)SC1=Nc1ccc(O)cc1. The van der Waals surface area contributed by atoms with Crippen molar-refractivity contribution < 1.29 is 14.6 Å². The van der Waals surface area contributed by atoms with Crippen LogP contribution in [0.3, 0.4) is 0 Å². The maximum absolute atomic E-state index is 13.3. The first-order valence-electron chi connectivity index (χ1n) is 9.73. The molecule has 0 unspecified atom stereocenters. The maximum atomic E-state index is 13.3. The highest BCUT2D eigenvalue weighted by atomic mass is 32.2. The molecule has 1 N–H and O–H groups in total. The largest absolute Gasteiger partial charge is 0.508 e. The molecule has 1 amide bonds. The zero-order valence-electron chi connectivity index (χ0n) is 17.1. The Kier molecular flexibility index (Phi) is 5.97. The number of fused-ring (bicyclic) bond motifs is 1. The Labute approximate surface area is 184 Å². The first-order chi connectivity index (χ1) is 14.5. The van der Waals surface area contributed by atoms with E-state index in [2.05, 4.69) is 6.92 Å². The number of carbonyl (C=O) groups is 1. The van der Waals surface area contributed by atoms with Gasteiger partial charge in [0, 0.05) is 24.6 Å². The van der Waals surface area contributed by atoms with Crippen LogP contribution >= 0.6 is 23.5 Å². The van der Waals surface area contributed by atoms with Crippen molar-refractivity contribution in [1.29, 1.82) is 0 Å². The number of rotatable bonds is 5. The Morgan fingerprint density at radius 3 is 2.60 bits per heavy atom. The lowest BCUT2D eigenvalue weighted by molar-refractivity contribution is -0.122. The lowest BCUT2D eigenvalue weighted by atomic mass is 10.3. The van der Waals surface area contributed by atoms with Crippen LogP contribution in [0.15, 0.2) is 62.3 Å². The standard InChI is InChI=1S/C22H23N3O3S2/c1-4-5-12-25-20(27)19(30-22(25)23-14-6-8-15(26)9-7-14)21-24(2)17-13-16(28-3)10-11-18(17)29-21/h6-11,13,26H,4-5,12H2,1-3H3/b21-19-,23-22?. The number of hydrogen-bond acceptors (Lipinski definition) is 7. The van der Waals surface area contributed by atoms with Gasteiger partial charge in [0.05, 0.1) is 23.5 Å². The normalized spacial score (nSPS) is 19.7. The van der Waals surface area contributed by atoms with Gasteiger partial charge in [-0.1, -0.05) is 25.1 Å². The number of carbonyl (C=O) groups excluding carboxylic acids is 1. The Balaban J connectivity index is 1.70. The lowest BCUT2D eigenvalue weighted by Crippen LogP contribution is -2.30. The molecule has 4 rings (SSSR count). The quantitative estimate of drug-likeness (QED) is 0.646. The molecular weight excluding hydrogens is 418 g/mol. The van der Waals surface area contributed by atoms with Crippen molar-refractivity contribution in [3.8, 4) is 11.5 Å². The van der Waals surface area contributed by atoms with Gasteiger partial charge in [-0.25, -0.2) is 4.99 Å². The van der Waals surface area contributed by atoms with E-state index in [0.717, 1.165) is 34.2 Å². The van der Waals surface area contributed by atoms with Gasteiger partial charge in [-0.05, 0) is 54.6 Å². The first-order valence-corrected chi connectivity index (χ1v) is 11.4. The summed E-state index contributed by atoms with van der Waals surface area (Å²) in [5, 5.41) is 11.1. The molecule has 0 atom stereocenters. The summed E-state index contributed by atoms with van der Waals surface area (Å²) in [5.74, 6) is 0.967. The fraction of sp³-hybridized carbons (Fsp3) is 0.273. The number of methoxy groups -OCH3 is 1.